The van der Waals surface area contributed by atoms with Crippen molar-refractivity contribution in [2.45, 2.75) is 26.2 Å². The molecule has 6 nitrogen and oxygen atoms in total. The Hall–Kier alpha value is -2.50. The Morgan fingerprint density at radius 3 is 2.78 bits per heavy atom. The fraction of sp³-hybridized carbons (Fsp3) is 0.412. The molecule has 0 aromatic carbocycles. The second-order valence-electron chi connectivity index (χ2n) is 6.09. The number of aromatic amines is 1. The average molecular weight is 312 g/mol. The van der Waals surface area contributed by atoms with Crippen LogP contribution in [-0.4, -0.2) is 39.4 Å². The number of nitrogens with zero attached hydrogens (tertiary/aromatic N) is 3. The Labute approximate surface area is 134 Å². The number of aromatic nitrogens is 3. The Morgan fingerprint density at radius 2 is 2.17 bits per heavy atom. The third-order valence-electron chi connectivity index (χ3n) is 4.11. The van der Waals surface area contributed by atoms with Gasteiger partial charge in [0.05, 0.1) is 6.42 Å². The summed E-state index contributed by atoms with van der Waals surface area (Å²) in [6.45, 7) is 2.53. The van der Waals surface area contributed by atoms with E-state index >= 15 is 0 Å². The summed E-state index contributed by atoms with van der Waals surface area (Å²) in [5, 5.41) is 0. The van der Waals surface area contributed by atoms with Gasteiger partial charge in [-0.05, 0) is 37.8 Å². The molecule has 1 amide bonds. The van der Waals surface area contributed by atoms with Gasteiger partial charge in [-0.1, -0.05) is 6.07 Å². The van der Waals surface area contributed by atoms with Crippen molar-refractivity contribution in [3.05, 3.63) is 46.0 Å². The minimum absolute atomic E-state index is 0.0436. The van der Waals surface area contributed by atoms with E-state index in [1.54, 1.807) is 37.2 Å². The van der Waals surface area contributed by atoms with Crippen molar-refractivity contribution >= 4 is 5.91 Å². The molecule has 0 unspecified atom stereocenters. The molecule has 2 aromatic heterocycles. The van der Waals surface area contributed by atoms with Crippen LogP contribution in [0.15, 0.2) is 29.2 Å². The molecule has 0 aliphatic heterocycles. The van der Waals surface area contributed by atoms with Crippen LogP contribution in [0.4, 0.5) is 0 Å². The molecule has 1 aliphatic carbocycles. The lowest BCUT2D eigenvalue weighted by Gasteiger charge is -2.17. The maximum Gasteiger partial charge on any atom is 0.255 e. The van der Waals surface area contributed by atoms with Crippen molar-refractivity contribution < 1.29 is 4.79 Å². The van der Waals surface area contributed by atoms with Crippen LogP contribution >= 0.6 is 0 Å². The van der Waals surface area contributed by atoms with Crippen molar-refractivity contribution in [1.29, 1.82) is 0 Å². The number of hydrogen-bond acceptors (Lipinski definition) is 4. The lowest BCUT2D eigenvalue weighted by molar-refractivity contribution is -0.129. The van der Waals surface area contributed by atoms with Crippen LogP contribution in [0.2, 0.25) is 0 Å². The summed E-state index contributed by atoms with van der Waals surface area (Å²) in [5.74, 6) is 1.02. The van der Waals surface area contributed by atoms with E-state index in [9.17, 15) is 9.59 Å². The Bertz CT molecular complexity index is 766. The van der Waals surface area contributed by atoms with Crippen molar-refractivity contribution in [1.82, 2.24) is 19.9 Å². The third kappa shape index (κ3) is 3.64. The molecule has 1 saturated carbocycles. The summed E-state index contributed by atoms with van der Waals surface area (Å²) < 4.78 is 0. The summed E-state index contributed by atoms with van der Waals surface area (Å²) in [7, 11) is 1.79. The van der Waals surface area contributed by atoms with E-state index in [-0.39, 0.29) is 17.9 Å². The molecule has 1 fully saturated rings. The predicted octanol–water partition coefficient (Wildman–Crippen LogP) is 1.55. The standard InChI is InChI=1S/C17H20N4O2/c1-11-13(9-15(22)21(2)10-12-6-7-12)17(23)20-16(19-11)14-5-3-4-8-18-14/h3-5,8,12H,6-7,9-10H2,1-2H3,(H,19,20,23). The zero-order valence-corrected chi connectivity index (χ0v) is 13.4. The molecule has 2 heterocycles. The molecule has 1 aliphatic rings. The van der Waals surface area contributed by atoms with Gasteiger partial charge in [0.2, 0.25) is 5.91 Å². The summed E-state index contributed by atoms with van der Waals surface area (Å²) in [6, 6.07) is 5.42. The van der Waals surface area contributed by atoms with Crippen LogP contribution in [0.1, 0.15) is 24.1 Å². The van der Waals surface area contributed by atoms with Crippen molar-refractivity contribution in [3.8, 4) is 11.5 Å². The number of carbonyl (C=O) groups excluding carboxylic acids is 1. The molecule has 0 saturated heterocycles. The number of likely N-dealkylation sites (N-methyl/N-ethyl adjacent to an activating group) is 1. The average Bonchev–Trinajstić information content (AvgIpc) is 3.35. The smallest absolute Gasteiger partial charge is 0.255 e. The van der Waals surface area contributed by atoms with Gasteiger partial charge < -0.3 is 9.88 Å². The van der Waals surface area contributed by atoms with Gasteiger partial charge in [-0.2, -0.15) is 0 Å². The highest BCUT2D eigenvalue weighted by Crippen LogP contribution is 2.29. The molecule has 0 atom stereocenters. The SMILES string of the molecule is Cc1nc(-c2ccccn2)[nH]c(=O)c1CC(=O)N(C)CC1CC1. The summed E-state index contributed by atoms with van der Waals surface area (Å²) >= 11 is 0. The lowest BCUT2D eigenvalue weighted by Crippen LogP contribution is -2.32. The van der Waals surface area contributed by atoms with E-state index in [4.69, 9.17) is 0 Å². The Morgan fingerprint density at radius 1 is 1.39 bits per heavy atom. The lowest BCUT2D eigenvalue weighted by atomic mass is 10.1. The van der Waals surface area contributed by atoms with E-state index in [1.807, 2.05) is 6.07 Å². The summed E-state index contributed by atoms with van der Waals surface area (Å²) in [6.07, 6.45) is 4.12. The first-order valence-corrected chi connectivity index (χ1v) is 7.79. The zero-order chi connectivity index (χ0) is 16.4. The molecule has 3 rings (SSSR count). The van der Waals surface area contributed by atoms with Crippen LogP contribution in [0, 0.1) is 12.8 Å². The second-order valence-corrected chi connectivity index (χ2v) is 6.09. The molecule has 120 valence electrons. The van der Waals surface area contributed by atoms with Gasteiger partial charge in [0, 0.05) is 31.0 Å². The highest BCUT2D eigenvalue weighted by molar-refractivity contribution is 5.78. The first-order chi connectivity index (χ1) is 11.0. The minimum Gasteiger partial charge on any atom is -0.345 e. The monoisotopic (exact) mass is 312 g/mol. The van der Waals surface area contributed by atoms with Gasteiger partial charge in [0.15, 0.2) is 5.82 Å². The largest absolute Gasteiger partial charge is 0.345 e. The van der Waals surface area contributed by atoms with E-state index in [0.29, 0.717) is 28.7 Å². The van der Waals surface area contributed by atoms with E-state index in [2.05, 4.69) is 15.0 Å². The molecule has 0 spiro atoms. The Balaban J connectivity index is 1.80. The fourth-order valence-electron chi connectivity index (χ4n) is 2.52. The number of amides is 1. The van der Waals surface area contributed by atoms with Gasteiger partial charge in [0.1, 0.15) is 5.69 Å². The van der Waals surface area contributed by atoms with Crippen LogP contribution in [-0.2, 0) is 11.2 Å². The summed E-state index contributed by atoms with van der Waals surface area (Å²) in [4.78, 5) is 37.6. The van der Waals surface area contributed by atoms with Gasteiger partial charge in [-0.15, -0.1) is 0 Å². The van der Waals surface area contributed by atoms with Crippen molar-refractivity contribution in [2.75, 3.05) is 13.6 Å². The predicted molar refractivity (Wildman–Crippen MR) is 86.9 cm³/mol. The van der Waals surface area contributed by atoms with E-state index < -0.39 is 0 Å². The zero-order valence-electron chi connectivity index (χ0n) is 13.4. The number of nitrogens with one attached hydrogen (secondary N) is 1. The maximum absolute atomic E-state index is 12.3. The summed E-state index contributed by atoms with van der Waals surface area (Å²) in [5.41, 5.74) is 1.34. The highest BCUT2D eigenvalue weighted by atomic mass is 16.2. The molecule has 23 heavy (non-hydrogen) atoms. The highest BCUT2D eigenvalue weighted by Gasteiger charge is 2.25. The first-order valence-electron chi connectivity index (χ1n) is 7.79. The third-order valence-corrected chi connectivity index (χ3v) is 4.11. The van der Waals surface area contributed by atoms with Gasteiger partial charge in [0.25, 0.3) is 5.56 Å². The van der Waals surface area contributed by atoms with Gasteiger partial charge in [-0.3, -0.25) is 14.6 Å². The molecule has 0 radical (unpaired) electrons. The number of H-pyrrole nitrogens is 1. The number of pyridine rings is 1. The molecule has 6 heteroatoms. The van der Waals surface area contributed by atoms with Gasteiger partial charge >= 0.3 is 0 Å². The number of carbonyl (C=O) groups is 1. The van der Waals surface area contributed by atoms with Crippen molar-refractivity contribution in [2.24, 2.45) is 5.92 Å². The molecular formula is C17H20N4O2. The van der Waals surface area contributed by atoms with Crippen LogP contribution < -0.4 is 5.56 Å². The van der Waals surface area contributed by atoms with E-state index in [0.717, 1.165) is 6.54 Å². The van der Waals surface area contributed by atoms with Crippen molar-refractivity contribution in [3.63, 3.8) is 0 Å². The first kappa shape index (κ1) is 15.4. The molecule has 1 N–H and O–H groups in total. The normalized spacial score (nSPS) is 13.8. The van der Waals surface area contributed by atoms with Crippen LogP contribution in [0.5, 0.6) is 0 Å². The van der Waals surface area contributed by atoms with Crippen LogP contribution in [0.25, 0.3) is 11.5 Å². The quantitative estimate of drug-likeness (QED) is 0.908. The molecule has 2 aromatic rings. The molecule has 0 bridgehead atoms. The molecular weight excluding hydrogens is 292 g/mol. The number of aryl methyl sites for hydroxylation is 1. The topological polar surface area (TPSA) is 79.0 Å². The Kier molecular flexibility index (Phi) is 4.23. The minimum atomic E-state index is -0.272. The number of hydrogen-bond donors (Lipinski definition) is 1. The number of rotatable bonds is 5. The van der Waals surface area contributed by atoms with Gasteiger partial charge in [-0.25, -0.2) is 4.98 Å². The second kappa shape index (κ2) is 6.32. The van der Waals surface area contributed by atoms with Crippen LogP contribution in [0.3, 0.4) is 0 Å². The van der Waals surface area contributed by atoms with E-state index in [1.165, 1.54) is 12.8 Å². The fourth-order valence-corrected chi connectivity index (χ4v) is 2.52. The maximum atomic E-state index is 12.3.